The maximum Gasteiger partial charge on any atom is 0.357 e. The van der Waals surface area contributed by atoms with Gasteiger partial charge in [0.1, 0.15) is 0 Å². The molecule has 11 heavy (non-hydrogen) atoms. The van der Waals surface area contributed by atoms with Gasteiger partial charge in [-0.25, -0.2) is 0 Å². The Labute approximate surface area is 65.7 Å². The highest BCUT2D eigenvalue weighted by atomic mass is 19.3. The minimum absolute atomic E-state index is 0.0173. The molecule has 0 aliphatic carbocycles. The summed E-state index contributed by atoms with van der Waals surface area (Å²) in [5.41, 5.74) is 5.33. The summed E-state index contributed by atoms with van der Waals surface area (Å²) in [5.74, 6) is 0. The van der Waals surface area contributed by atoms with E-state index in [1.807, 2.05) is 0 Å². The van der Waals surface area contributed by atoms with Gasteiger partial charge in [-0.2, -0.15) is 8.78 Å². The van der Waals surface area contributed by atoms with Crippen LogP contribution in [0.4, 0.5) is 8.78 Å². The fourth-order valence-corrected chi connectivity index (χ4v) is 0.720. The third kappa shape index (κ3) is 5.09. The molecule has 68 valence electrons. The molecule has 0 aliphatic heterocycles. The predicted octanol–water partition coefficient (Wildman–Crippen LogP) is 1.74. The van der Waals surface area contributed by atoms with E-state index in [1.165, 1.54) is 6.92 Å². The standard InChI is InChI=1S/C7H15F2NO/c1-3-6(10)5-7(8,9)11-4-2/h6H,3-5,10H2,1-2H3/t6-/m1/s1. The zero-order chi connectivity index (χ0) is 8.91. The fourth-order valence-electron chi connectivity index (χ4n) is 0.720. The van der Waals surface area contributed by atoms with Crippen molar-refractivity contribution >= 4 is 0 Å². The molecular weight excluding hydrogens is 152 g/mol. The van der Waals surface area contributed by atoms with Crippen LogP contribution in [-0.2, 0) is 4.74 Å². The number of hydrogen-bond acceptors (Lipinski definition) is 2. The van der Waals surface area contributed by atoms with Crippen molar-refractivity contribution in [2.75, 3.05) is 6.61 Å². The molecule has 0 fully saturated rings. The summed E-state index contributed by atoms with van der Waals surface area (Å²) >= 11 is 0. The van der Waals surface area contributed by atoms with Gasteiger partial charge in [0, 0.05) is 6.04 Å². The van der Waals surface area contributed by atoms with Crippen LogP contribution in [0.1, 0.15) is 26.7 Å². The Morgan fingerprint density at radius 2 is 2.00 bits per heavy atom. The molecule has 4 heteroatoms. The molecule has 0 bridgehead atoms. The monoisotopic (exact) mass is 167 g/mol. The Bertz CT molecular complexity index is 109. The fraction of sp³-hybridized carbons (Fsp3) is 1.00. The van der Waals surface area contributed by atoms with E-state index >= 15 is 0 Å². The predicted molar refractivity (Wildman–Crippen MR) is 39.5 cm³/mol. The van der Waals surface area contributed by atoms with Gasteiger partial charge in [-0.1, -0.05) is 6.92 Å². The summed E-state index contributed by atoms with van der Waals surface area (Å²) in [5, 5.41) is 0. The topological polar surface area (TPSA) is 35.2 Å². The lowest BCUT2D eigenvalue weighted by Gasteiger charge is -2.18. The van der Waals surface area contributed by atoms with Crippen LogP contribution in [0.25, 0.3) is 0 Å². The van der Waals surface area contributed by atoms with Gasteiger partial charge in [0.05, 0.1) is 13.0 Å². The summed E-state index contributed by atoms with van der Waals surface area (Å²) in [6.45, 7) is 3.32. The number of ether oxygens (including phenoxy) is 1. The van der Waals surface area contributed by atoms with Gasteiger partial charge in [-0.3, -0.25) is 0 Å². The second kappa shape index (κ2) is 4.62. The van der Waals surface area contributed by atoms with Crippen molar-refractivity contribution in [3.63, 3.8) is 0 Å². The van der Waals surface area contributed by atoms with E-state index in [-0.39, 0.29) is 6.61 Å². The molecular formula is C7H15F2NO. The highest BCUT2D eigenvalue weighted by Crippen LogP contribution is 2.21. The van der Waals surface area contributed by atoms with E-state index < -0.39 is 18.6 Å². The van der Waals surface area contributed by atoms with Crippen LogP contribution in [0, 0.1) is 0 Å². The Morgan fingerprint density at radius 3 is 2.36 bits per heavy atom. The summed E-state index contributed by atoms with van der Waals surface area (Å²) < 4.78 is 29.3. The Kier molecular flexibility index (Phi) is 4.52. The number of nitrogens with two attached hydrogens (primary N) is 1. The number of hydrogen-bond donors (Lipinski definition) is 1. The number of rotatable bonds is 5. The highest BCUT2D eigenvalue weighted by molar-refractivity contribution is 4.64. The molecule has 0 unspecified atom stereocenters. The van der Waals surface area contributed by atoms with Gasteiger partial charge >= 0.3 is 6.11 Å². The molecule has 0 amide bonds. The normalized spacial score (nSPS) is 15.0. The van der Waals surface area contributed by atoms with Crippen molar-refractivity contribution in [1.29, 1.82) is 0 Å². The van der Waals surface area contributed by atoms with Crippen molar-refractivity contribution < 1.29 is 13.5 Å². The first kappa shape index (κ1) is 10.8. The molecule has 2 N–H and O–H groups in total. The van der Waals surface area contributed by atoms with Crippen molar-refractivity contribution in [3.05, 3.63) is 0 Å². The molecule has 0 saturated heterocycles. The summed E-state index contributed by atoms with van der Waals surface area (Å²) in [6.07, 6.45) is -2.90. The van der Waals surface area contributed by atoms with Crippen LogP contribution >= 0.6 is 0 Å². The lowest BCUT2D eigenvalue weighted by atomic mass is 10.1. The molecule has 2 nitrogen and oxygen atoms in total. The first-order valence-electron chi connectivity index (χ1n) is 3.79. The summed E-state index contributed by atoms with van der Waals surface area (Å²) in [4.78, 5) is 0. The van der Waals surface area contributed by atoms with Gasteiger partial charge < -0.3 is 10.5 Å². The average Bonchev–Trinajstić information content (AvgIpc) is 1.86. The average molecular weight is 167 g/mol. The van der Waals surface area contributed by atoms with Crippen molar-refractivity contribution in [1.82, 2.24) is 0 Å². The SMILES string of the molecule is CCOC(F)(F)C[C@H](N)CC. The first-order chi connectivity index (χ1) is 5.02. The first-order valence-corrected chi connectivity index (χ1v) is 3.79. The van der Waals surface area contributed by atoms with E-state index in [4.69, 9.17) is 5.73 Å². The van der Waals surface area contributed by atoms with E-state index in [1.54, 1.807) is 6.92 Å². The van der Waals surface area contributed by atoms with Crippen LogP contribution in [0.5, 0.6) is 0 Å². The number of halogens is 2. The van der Waals surface area contributed by atoms with Gasteiger partial charge in [0.25, 0.3) is 0 Å². The number of alkyl halides is 2. The van der Waals surface area contributed by atoms with E-state index in [0.29, 0.717) is 6.42 Å². The maximum absolute atomic E-state index is 12.6. The minimum atomic E-state index is -3.05. The lowest BCUT2D eigenvalue weighted by Crippen LogP contribution is -2.31. The molecule has 0 rings (SSSR count). The second-order valence-electron chi connectivity index (χ2n) is 2.44. The molecule has 0 saturated carbocycles. The van der Waals surface area contributed by atoms with E-state index in [0.717, 1.165) is 0 Å². The molecule has 1 atom stereocenters. The Hall–Kier alpha value is -0.220. The molecule has 0 aliphatic rings. The third-order valence-electron chi connectivity index (χ3n) is 1.38. The van der Waals surface area contributed by atoms with Crippen molar-refractivity contribution in [2.24, 2.45) is 5.73 Å². The molecule has 0 aromatic rings. The lowest BCUT2D eigenvalue weighted by molar-refractivity contribution is -0.241. The Morgan fingerprint density at radius 1 is 1.45 bits per heavy atom. The van der Waals surface area contributed by atoms with E-state index in [2.05, 4.69) is 4.74 Å². The van der Waals surface area contributed by atoms with Crippen LogP contribution < -0.4 is 5.73 Å². The molecule has 0 aromatic heterocycles. The molecule has 0 aromatic carbocycles. The zero-order valence-electron chi connectivity index (χ0n) is 6.94. The quantitative estimate of drug-likeness (QED) is 0.677. The third-order valence-corrected chi connectivity index (χ3v) is 1.38. The van der Waals surface area contributed by atoms with Gasteiger partial charge in [0.15, 0.2) is 0 Å². The zero-order valence-corrected chi connectivity index (χ0v) is 6.94. The van der Waals surface area contributed by atoms with Gasteiger partial charge in [-0.15, -0.1) is 0 Å². The second-order valence-corrected chi connectivity index (χ2v) is 2.44. The largest absolute Gasteiger partial charge is 0.357 e. The molecule has 0 spiro atoms. The van der Waals surface area contributed by atoms with Gasteiger partial charge in [0.2, 0.25) is 0 Å². The van der Waals surface area contributed by atoms with Crippen LogP contribution in [-0.4, -0.2) is 18.8 Å². The molecule has 0 heterocycles. The van der Waals surface area contributed by atoms with Crippen molar-refractivity contribution in [2.45, 2.75) is 38.8 Å². The van der Waals surface area contributed by atoms with Crippen LogP contribution in [0.3, 0.4) is 0 Å². The summed E-state index contributed by atoms with van der Waals surface area (Å²) in [6, 6.07) is -0.475. The Balaban J connectivity index is 3.70. The molecule has 0 radical (unpaired) electrons. The van der Waals surface area contributed by atoms with Crippen molar-refractivity contribution in [3.8, 4) is 0 Å². The van der Waals surface area contributed by atoms with Crippen LogP contribution in [0.2, 0.25) is 0 Å². The van der Waals surface area contributed by atoms with Crippen LogP contribution in [0.15, 0.2) is 0 Å². The minimum Gasteiger partial charge on any atom is -0.327 e. The van der Waals surface area contributed by atoms with Gasteiger partial charge in [-0.05, 0) is 13.3 Å². The maximum atomic E-state index is 12.6. The van der Waals surface area contributed by atoms with E-state index in [9.17, 15) is 8.78 Å². The smallest absolute Gasteiger partial charge is 0.327 e. The summed E-state index contributed by atoms with van der Waals surface area (Å²) in [7, 11) is 0. The highest BCUT2D eigenvalue weighted by Gasteiger charge is 2.31.